The van der Waals surface area contributed by atoms with E-state index in [-0.39, 0.29) is 5.82 Å². The van der Waals surface area contributed by atoms with Gasteiger partial charge in [-0.25, -0.2) is 4.98 Å². The van der Waals surface area contributed by atoms with E-state index in [2.05, 4.69) is 16.0 Å². The largest absolute Gasteiger partial charge is 0.493 e. The minimum absolute atomic E-state index is 0.175. The molecule has 6 nitrogen and oxygen atoms in total. The van der Waals surface area contributed by atoms with Crippen molar-refractivity contribution < 1.29 is 9.47 Å². The first-order chi connectivity index (χ1) is 12.2. The molecule has 2 aromatic heterocycles. The molecule has 0 aliphatic carbocycles. The van der Waals surface area contributed by atoms with Gasteiger partial charge in [-0.2, -0.15) is 5.26 Å². The highest BCUT2D eigenvalue weighted by molar-refractivity contribution is 5.81. The minimum Gasteiger partial charge on any atom is -0.493 e. The summed E-state index contributed by atoms with van der Waals surface area (Å²) in [6, 6.07) is 13.1. The van der Waals surface area contributed by atoms with Crippen LogP contribution in [0.1, 0.15) is 5.56 Å². The fourth-order valence-electron chi connectivity index (χ4n) is 2.58. The van der Waals surface area contributed by atoms with Gasteiger partial charge in [-0.05, 0) is 35.9 Å². The Morgan fingerprint density at radius 3 is 2.48 bits per heavy atom. The van der Waals surface area contributed by atoms with Crippen LogP contribution in [0.25, 0.3) is 22.4 Å². The predicted molar refractivity (Wildman–Crippen MR) is 95.1 cm³/mol. The van der Waals surface area contributed by atoms with E-state index in [9.17, 15) is 5.26 Å². The van der Waals surface area contributed by atoms with Crippen molar-refractivity contribution in [1.82, 2.24) is 9.97 Å². The number of nitrogens with zero attached hydrogens (tertiary/aromatic N) is 3. The van der Waals surface area contributed by atoms with Crippen molar-refractivity contribution in [2.75, 3.05) is 20.0 Å². The van der Waals surface area contributed by atoms with Gasteiger partial charge in [0.05, 0.1) is 19.9 Å². The summed E-state index contributed by atoms with van der Waals surface area (Å²) in [4.78, 5) is 8.44. The lowest BCUT2D eigenvalue weighted by Crippen LogP contribution is -2.00. The number of benzene rings is 1. The zero-order chi connectivity index (χ0) is 17.8. The molecule has 0 spiro atoms. The van der Waals surface area contributed by atoms with Crippen LogP contribution in [-0.2, 0) is 0 Å². The second-order valence-electron chi connectivity index (χ2n) is 5.24. The number of nitrogen functional groups attached to an aromatic ring is 1. The SMILES string of the molecule is COc1ccc(-c2cc(-c3cccnc3)nc(N)c2C#N)cc1OC. The molecular weight excluding hydrogens is 316 g/mol. The number of anilines is 1. The molecular formula is C19H16N4O2. The van der Waals surface area contributed by atoms with Gasteiger partial charge in [-0.3, -0.25) is 4.98 Å². The first kappa shape index (κ1) is 16.3. The maximum Gasteiger partial charge on any atom is 0.161 e. The average molecular weight is 332 g/mol. The molecule has 0 unspecified atom stereocenters. The minimum atomic E-state index is 0.175. The normalized spacial score (nSPS) is 10.1. The van der Waals surface area contributed by atoms with Gasteiger partial charge in [0.1, 0.15) is 17.5 Å². The summed E-state index contributed by atoms with van der Waals surface area (Å²) in [5, 5.41) is 9.51. The van der Waals surface area contributed by atoms with Crippen LogP contribution in [0.5, 0.6) is 11.5 Å². The summed E-state index contributed by atoms with van der Waals surface area (Å²) in [7, 11) is 3.14. The molecule has 3 aromatic rings. The van der Waals surface area contributed by atoms with E-state index in [4.69, 9.17) is 15.2 Å². The van der Waals surface area contributed by atoms with E-state index >= 15 is 0 Å². The summed E-state index contributed by atoms with van der Waals surface area (Å²) >= 11 is 0. The number of hydrogen-bond donors (Lipinski definition) is 1. The van der Waals surface area contributed by atoms with Crippen LogP contribution in [0.3, 0.4) is 0 Å². The zero-order valence-corrected chi connectivity index (χ0v) is 13.9. The van der Waals surface area contributed by atoms with Crippen LogP contribution in [0.4, 0.5) is 5.82 Å². The van der Waals surface area contributed by atoms with Gasteiger partial charge in [0.2, 0.25) is 0 Å². The van der Waals surface area contributed by atoms with Crippen molar-refractivity contribution in [3.8, 4) is 40.0 Å². The first-order valence-electron chi connectivity index (χ1n) is 7.51. The Bertz CT molecular complexity index is 950. The number of aromatic nitrogens is 2. The lowest BCUT2D eigenvalue weighted by molar-refractivity contribution is 0.355. The topological polar surface area (TPSA) is 94.0 Å². The van der Waals surface area contributed by atoms with Crippen LogP contribution >= 0.6 is 0 Å². The van der Waals surface area contributed by atoms with Crippen molar-refractivity contribution >= 4 is 5.82 Å². The maximum absolute atomic E-state index is 9.51. The van der Waals surface area contributed by atoms with E-state index in [1.165, 1.54) is 0 Å². The Kier molecular flexibility index (Phi) is 4.48. The zero-order valence-electron chi connectivity index (χ0n) is 13.9. The lowest BCUT2D eigenvalue weighted by atomic mass is 9.98. The highest BCUT2D eigenvalue weighted by Crippen LogP contribution is 2.36. The molecule has 0 bridgehead atoms. The summed E-state index contributed by atoms with van der Waals surface area (Å²) in [5.74, 6) is 1.36. The van der Waals surface area contributed by atoms with Crippen molar-refractivity contribution in [2.24, 2.45) is 0 Å². The fourth-order valence-corrected chi connectivity index (χ4v) is 2.58. The van der Waals surface area contributed by atoms with Crippen molar-refractivity contribution in [3.63, 3.8) is 0 Å². The number of rotatable bonds is 4. The Morgan fingerprint density at radius 1 is 1.04 bits per heavy atom. The molecule has 0 amide bonds. The number of nitriles is 1. The van der Waals surface area contributed by atoms with Gasteiger partial charge < -0.3 is 15.2 Å². The highest BCUT2D eigenvalue weighted by atomic mass is 16.5. The second kappa shape index (κ2) is 6.89. The smallest absolute Gasteiger partial charge is 0.161 e. The Balaban J connectivity index is 2.21. The van der Waals surface area contributed by atoms with Crippen LogP contribution < -0.4 is 15.2 Å². The summed E-state index contributed by atoms with van der Waals surface area (Å²) < 4.78 is 10.6. The number of nitrogens with two attached hydrogens (primary N) is 1. The van der Waals surface area contributed by atoms with Gasteiger partial charge in [-0.1, -0.05) is 6.07 Å². The van der Waals surface area contributed by atoms with E-state index in [1.807, 2.05) is 30.3 Å². The molecule has 124 valence electrons. The predicted octanol–water partition coefficient (Wildman–Crippen LogP) is 3.28. The van der Waals surface area contributed by atoms with Crippen molar-refractivity contribution in [2.45, 2.75) is 0 Å². The summed E-state index contributed by atoms with van der Waals surface area (Å²) in [6.45, 7) is 0. The molecule has 0 saturated carbocycles. The molecule has 6 heteroatoms. The first-order valence-corrected chi connectivity index (χ1v) is 7.51. The number of ether oxygens (including phenoxy) is 2. The van der Waals surface area contributed by atoms with Crippen LogP contribution in [0.15, 0.2) is 48.8 Å². The van der Waals surface area contributed by atoms with Gasteiger partial charge in [-0.15, -0.1) is 0 Å². The maximum atomic E-state index is 9.51. The molecule has 2 heterocycles. The second-order valence-corrected chi connectivity index (χ2v) is 5.24. The number of methoxy groups -OCH3 is 2. The number of hydrogen-bond acceptors (Lipinski definition) is 6. The molecule has 0 aliphatic rings. The van der Waals surface area contributed by atoms with E-state index < -0.39 is 0 Å². The third-order valence-corrected chi connectivity index (χ3v) is 3.81. The van der Waals surface area contributed by atoms with Crippen LogP contribution in [-0.4, -0.2) is 24.2 Å². The molecule has 1 aromatic carbocycles. The average Bonchev–Trinajstić information content (AvgIpc) is 2.67. The third-order valence-electron chi connectivity index (χ3n) is 3.81. The fraction of sp³-hybridized carbons (Fsp3) is 0.105. The molecule has 25 heavy (non-hydrogen) atoms. The van der Waals surface area contributed by atoms with Crippen LogP contribution in [0, 0.1) is 11.3 Å². The molecule has 3 rings (SSSR count). The van der Waals surface area contributed by atoms with Crippen LogP contribution in [0.2, 0.25) is 0 Å². The van der Waals surface area contributed by atoms with E-state index in [0.29, 0.717) is 28.3 Å². The molecule has 0 atom stereocenters. The lowest BCUT2D eigenvalue weighted by Gasteiger charge is -2.13. The monoisotopic (exact) mass is 332 g/mol. The summed E-state index contributed by atoms with van der Waals surface area (Å²) in [5.41, 5.74) is 9.27. The van der Waals surface area contributed by atoms with Gasteiger partial charge in [0, 0.05) is 23.5 Å². The van der Waals surface area contributed by atoms with Crippen molar-refractivity contribution in [1.29, 1.82) is 5.26 Å². The highest BCUT2D eigenvalue weighted by Gasteiger charge is 2.15. The quantitative estimate of drug-likeness (QED) is 0.788. The summed E-state index contributed by atoms with van der Waals surface area (Å²) in [6.07, 6.45) is 3.39. The van der Waals surface area contributed by atoms with Crippen molar-refractivity contribution in [3.05, 3.63) is 54.4 Å². The Labute approximate surface area is 145 Å². The van der Waals surface area contributed by atoms with E-state index in [1.54, 1.807) is 32.7 Å². The standard InChI is InChI=1S/C19H16N4O2/c1-24-17-6-5-12(8-18(17)25-2)14-9-16(13-4-3-7-22-11-13)23-19(21)15(14)10-20/h3-9,11H,1-2H3,(H2,21,23). The molecule has 0 saturated heterocycles. The van der Waals surface area contributed by atoms with Gasteiger partial charge >= 0.3 is 0 Å². The Hall–Kier alpha value is -3.59. The Morgan fingerprint density at radius 2 is 1.84 bits per heavy atom. The van der Waals surface area contributed by atoms with Gasteiger partial charge in [0.15, 0.2) is 11.5 Å². The van der Waals surface area contributed by atoms with Gasteiger partial charge in [0.25, 0.3) is 0 Å². The third kappa shape index (κ3) is 3.08. The molecule has 0 aliphatic heterocycles. The molecule has 2 N–H and O–H groups in total. The molecule has 0 radical (unpaired) electrons. The molecule has 0 fully saturated rings. The number of pyridine rings is 2. The van der Waals surface area contributed by atoms with E-state index in [0.717, 1.165) is 11.1 Å².